The van der Waals surface area contributed by atoms with E-state index in [1.165, 1.54) is 12.1 Å². The molecule has 1 aliphatic rings. The number of benzene rings is 2. The molecule has 164 valence electrons. The van der Waals surface area contributed by atoms with E-state index in [-0.39, 0.29) is 23.4 Å². The maximum atomic E-state index is 13.4. The van der Waals surface area contributed by atoms with Crippen molar-refractivity contribution < 1.29 is 14.0 Å². The van der Waals surface area contributed by atoms with E-state index >= 15 is 0 Å². The topological polar surface area (TPSA) is 53.5 Å². The summed E-state index contributed by atoms with van der Waals surface area (Å²) in [5, 5.41) is 0. The molecule has 1 aromatic heterocycles. The van der Waals surface area contributed by atoms with Crippen molar-refractivity contribution in [1.82, 2.24) is 4.98 Å². The summed E-state index contributed by atoms with van der Waals surface area (Å²) in [7, 11) is 0. The second-order valence-electron chi connectivity index (χ2n) is 7.91. The average Bonchev–Trinajstić information content (AvgIpc) is 2.85. The van der Waals surface area contributed by atoms with E-state index in [2.05, 4.69) is 9.88 Å². The van der Waals surface area contributed by atoms with Gasteiger partial charge in [-0.05, 0) is 68.3 Å². The van der Waals surface area contributed by atoms with Crippen molar-refractivity contribution in [3.05, 3.63) is 90.0 Å². The Morgan fingerprint density at radius 3 is 2.41 bits per heavy atom. The van der Waals surface area contributed by atoms with E-state index in [1.54, 1.807) is 29.4 Å². The van der Waals surface area contributed by atoms with Crippen molar-refractivity contribution in [2.45, 2.75) is 19.8 Å². The fraction of sp³-hybridized carbons (Fsp3) is 0.269. The Kier molecular flexibility index (Phi) is 6.59. The Bertz CT molecular complexity index is 1080. The third-order valence-corrected chi connectivity index (χ3v) is 5.99. The predicted molar refractivity (Wildman–Crippen MR) is 124 cm³/mol. The summed E-state index contributed by atoms with van der Waals surface area (Å²) < 4.78 is 13.2. The lowest BCUT2D eigenvalue weighted by Gasteiger charge is -2.34. The Hall–Kier alpha value is -3.54. The van der Waals surface area contributed by atoms with Gasteiger partial charge in [-0.2, -0.15) is 0 Å². The molecule has 0 N–H and O–H groups in total. The number of nitrogens with zero attached hydrogens (tertiary/aromatic N) is 3. The van der Waals surface area contributed by atoms with Crippen LogP contribution in [0.5, 0.6) is 0 Å². The molecule has 0 saturated carbocycles. The van der Waals surface area contributed by atoms with E-state index in [0.717, 1.165) is 11.4 Å². The van der Waals surface area contributed by atoms with Gasteiger partial charge in [-0.15, -0.1) is 0 Å². The Labute approximate surface area is 187 Å². The molecular weight excluding hydrogens is 405 g/mol. The highest BCUT2D eigenvalue weighted by Crippen LogP contribution is 2.30. The highest BCUT2D eigenvalue weighted by molar-refractivity contribution is 6.09. The van der Waals surface area contributed by atoms with E-state index in [1.807, 2.05) is 43.3 Å². The molecular formula is C26H26FN3O2. The number of ketones is 1. The summed E-state index contributed by atoms with van der Waals surface area (Å²) in [6.07, 6.45) is 4.77. The number of carbonyl (C=O) groups excluding carboxylic acids is 2. The normalized spacial score (nSPS) is 14.2. The molecule has 1 amide bonds. The van der Waals surface area contributed by atoms with Crippen LogP contribution in [0.3, 0.4) is 0 Å². The third-order valence-electron chi connectivity index (χ3n) is 5.99. The van der Waals surface area contributed by atoms with Gasteiger partial charge in [0.05, 0.1) is 17.4 Å². The van der Waals surface area contributed by atoms with Gasteiger partial charge in [0, 0.05) is 43.0 Å². The van der Waals surface area contributed by atoms with Gasteiger partial charge >= 0.3 is 0 Å². The number of hydrogen-bond donors (Lipinski definition) is 0. The summed E-state index contributed by atoms with van der Waals surface area (Å²) >= 11 is 0. The van der Waals surface area contributed by atoms with Crippen LogP contribution in [-0.2, 0) is 0 Å². The van der Waals surface area contributed by atoms with Crippen LogP contribution in [0.15, 0.2) is 73.1 Å². The monoisotopic (exact) mass is 431 g/mol. The second kappa shape index (κ2) is 9.73. The maximum absolute atomic E-state index is 13.4. The first kappa shape index (κ1) is 21.7. The van der Waals surface area contributed by atoms with Crippen LogP contribution in [0.4, 0.5) is 15.8 Å². The molecule has 4 rings (SSSR count). The van der Waals surface area contributed by atoms with Crippen LogP contribution in [0, 0.1) is 11.7 Å². The third kappa shape index (κ3) is 4.54. The standard InChI is InChI=1S/C26H26FN3O2/c1-2-30(22-6-5-15-28-18-22)26(32)23-7-3-4-8-24(23)29-16-13-20(14-17-29)25(31)19-9-11-21(27)12-10-19/h3-12,15,18,20H,2,13-14,16-17H2,1H3. The van der Waals surface area contributed by atoms with Crippen LogP contribution < -0.4 is 9.80 Å². The summed E-state index contributed by atoms with van der Waals surface area (Å²) in [5.74, 6) is -0.449. The first-order valence-corrected chi connectivity index (χ1v) is 10.9. The lowest BCUT2D eigenvalue weighted by atomic mass is 9.88. The van der Waals surface area contributed by atoms with Crippen molar-refractivity contribution in [2.75, 3.05) is 29.4 Å². The number of pyridine rings is 1. The molecule has 3 aromatic rings. The van der Waals surface area contributed by atoms with Gasteiger partial charge in [-0.1, -0.05) is 12.1 Å². The number of anilines is 2. The van der Waals surface area contributed by atoms with Gasteiger partial charge in [0.2, 0.25) is 0 Å². The lowest BCUT2D eigenvalue weighted by molar-refractivity contribution is 0.0899. The molecule has 2 aromatic carbocycles. The van der Waals surface area contributed by atoms with Crippen LogP contribution in [0.2, 0.25) is 0 Å². The van der Waals surface area contributed by atoms with Crippen molar-refractivity contribution in [3.8, 4) is 0 Å². The van der Waals surface area contributed by atoms with E-state index in [9.17, 15) is 14.0 Å². The van der Waals surface area contributed by atoms with Gasteiger partial charge in [0.25, 0.3) is 5.91 Å². The van der Waals surface area contributed by atoms with Crippen LogP contribution in [0.25, 0.3) is 0 Å². The van der Waals surface area contributed by atoms with Gasteiger partial charge in [0.15, 0.2) is 5.78 Å². The zero-order chi connectivity index (χ0) is 22.5. The van der Waals surface area contributed by atoms with Crippen molar-refractivity contribution in [2.24, 2.45) is 5.92 Å². The lowest BCUT2D eigenvalue weighted by Crippen LogP contribution is -2.38. The van der Waals surface area contributed by atoms with Gasteiger partial charge in [0.1, 0.15) is 5.82 Å². The molecule has 1 saturated heterocycles. The van der Waals surface area contributed by atoms with E-state index in [0.29, 0.717) is 43.6 Å². The smallest absolute Gasteiger partial charge is 0.260 e. The Balaban J connectivity index is 1.49. The number of halogens is 1. The zero-order valence-corrected chi connectivity index (χ0v) is 18.1. The molecule has 0 unspecified atom stereocenters. The molecule has 0 bridgehead atoms. The van der Waals surface area contributed by atoms with Crippen molar-refractivity contribution >= 4 is 23.1 Å². The van der Waals surface area contributed by atoms with Crippen LogP contribution in [0.1, 0.15) is 40.5 Å². The number of carbonyl (C=O) groups is 2. The molecule has 0 aliphatic carbocycles. The average molecular weight is 432 g/mol. The molecule has 0 radical (unpaired) electrons. The molecule has 32 heavy (non-hydrogen) atoms. The summed E-state index contributed by atoms with van der Waals surface area (Å²) in [6, 6.07) is 17.1. The van der Waals surface area contributed by atoms with Gasteiger partial charge < -0.3 is 9.80 Å². The summed E-state index contributed by atoms with van der Waals surface area (Å²) in [6.45, 7) is 3.84. The minimum atomic E-state index is -0.343. The first-order chi connectivity index (χ1) is 15.6. The number of hydrogen-bond acceptors (Lipinski definition) is 4. The molecule has 1 fully saturated rings. The molecule has 2 heterocycles. The van der Waals surface area contributed by atoms with Crippen LogP contribution in [-0.4, -0.2) is 36.3 Å². The zero-order valence-electron chi connectivity index (χ0n) is 18.1. The van der Waals surface area contributed by atoms with Crippen molar-refractivity contribution in [3.63, 3.8) is 0 Å². The summed E-state index contributed by atoms with van der Waals surface area (Å²) in [5.41, 5.74) is 2.84. The second-order valence-corrected chi connectivity index (χ2v) is 7.91. The number of Topliss-reactive ketones (excluding diaryl/α,β-unsaturated/α-hetero) is 1. The number of rotatable bonds is 6. The minimum Gasteiger partial charge on any atom is -0.371 e. The first-order valence-electron chi connectivity index (χ1n) is 10.9. The SMILES string of the molecule is CCN(C(=O)c1ccccc1N1CCC(C(=O)c2ccc(F)cc2)CC1)c1cccnc1. The van der Waals surface area contributed by atoms with Gasteiger partial charge in [-0.25, -0.2) is 4.39 Å². The molecule has 5 nitrogen and oxygen atoms in total. The van der Waals surface area contributed by atoms with E-state index < -0.39 is 0 Å². The molecule has 1 aliphatic heterocycles. The highest BCUT2D eigenvalue weighted by atomic mass is 19.1. The fourth-order valence-corrected chi connectivity index (χ4v) is 4.26. The van der Waals surface area contributed by atoms with Gasteiger partial charge in [-0.3, -0.25) is 14.6 Å². The quantitative estimate of drug-likeness (QED) is 0.516. The summed E-state index contributed by atoms with van der Waals surface area (Å²) in [4.78, 5) is 34.3. The Morgan fingerprint density at radius 2 is 1.75 bits per heavy atom. The largest absolute Gasteiger partial charge is 0.371 e. The molecule has 0 atom stereocenters. The van der Waals surface area contributed by atoms with E-state index in [4.69, 9.17) is 0 Å². The highest BCUT2D eigenvalue weighted by Gasteiger charge is 2.28. The fourth-order valence-electron chi connectivity index (χ4n) is 4.26. The molecule has 6 heteroatoms. The predicted octanol–water partition coefficient (Wildman–Crippen LogP) is 4.99. The number of aromatic nitrogens is 1. The minimum absolute atomic E-state index is 0.0581. The van der Waals surface area contributed by atoms with Crippen LogP contribution >= 0.6 is 0 Å². The number of amides is 1. The maximum Gasteiger partial charge on any atom is 0.260 e. The Morgan fingerprint density at radius 1 is 1.03 bits per heavy atom. The number of piperidine rings is 1. The number of para-hydroxylation sites is 1. The molecule has 0 spiro atoms. The van der Waals surface area contributed by atoms with Crippen molar-refractivity contribution in [1.29, 1.82) is 0 Å².